The van der Waals surface area contributed by atoms with Crippen LogP contribution in [0.1, 0.15) is 32.0 Å². The minimum absolute atomic E-state index is 0.00947. The second-order valence-electron chi connectivity index (χ2n) is 6.30. The van der Waals surface area contributed by atoms with E-state index in [1.165, 1.54) is 0 Å². The Bertz CT molecular complexity index is 775. The number of aromatic nitrogens is 1. The zero-order valence-electron chi connectivity index (χ0n) is 14.8. The van der Waals surface area contributed by atoms with E-state index < -0.39 is 0 Å². The Morgan fingerprint density at radius 2 is 1.64 bits per heavy atom. The predicted octanol–water partition coefficient (Wildman–Crippen LogP) is 2.24. The first-order chi connectivity index (χ1) is 12.0. The number of ether oxygens (including phenoxy) is 1. The van der Waals surface area contributed by atoms with E-state index in [1.54, 1.807) is 24.3 Å². The van der Waals surface area contributed by atoms with Crippen molar-refractivity contribution in [3.8, 4) is 5.75 Å². The van der Waals surface area contributed by atoms with Gasteiger partial charge in [-0.15, -0.1) is 0 Å². The van der Waals surface area contributed by atoms with Crippen LogP contribution < -0.4 is 4.74 Å². The number of nitrogens with one attached hydrogen (secondary N) is 1. The number of hydrogen-bond donors (Lipinski definition) is 1. The summed E-state index contributed by atoms with van der Waals surface area (Å²) in [5.41, 5.74) is 3.12. The molecular weight excluding hydrogens is 318 g/mol. The molecule has 1 aromatic carbocycles. The summed E-state index contributed by atoms with van der Waals surface area (Å²) in [4.78, 5) is 31.7. The van der Waals surface area contributed by atoms with E-state index in [-0.39, 0.29) is 11.8 Å². The third-order valence-electron chi connectivity index (χ3n) is 4.65. The number of aromatic amines is 1. The topological polar surface area (TPSA) is 65.6 Å². The van der Waals surface area contributed by atoms with E-state index in [9.17, 15) is 9.59 Å². The Kier molecular flexibility index (Phi) is 4.79. The summed E-state index contributed by atoms with van der Waals surface area (Å²) in [6.07, 6.45) is 1.74. The molecular formula is C19H23N3O3. The number of H-pyrrole nitrogens is 1. The molecule has 1 fully saturated rings. The first kappa shape index (κ1) is 17.1. The molecule has 1 aliphatic rings. The van der Waals surface area contributed by atoms with Gasteiger partial charge in [0.15, 0.2) is 0 Å². The molecule has 0 saturated carbocycles. The van der Waals surface area contributed by atoms with Gasteiger partial charge in [-0.2, -0.15) is 0 Å². The standard InChI is InChI=1S/C19H23N3O3/c1-13-12-17(25-3)14(2)11-15(13)18(23)21-7-9-22(10-8-21)19(24)16-5-4-6-20-16/h4-6,11-12,20H,7-10H2,1-3H3. The molecule has 0 spiro atoms. The quantitative estimate of drug-likeness (QED) is 0.931. The van der Waals surface area contributed by atoms with E-state index in [0.717, 1.165) is 16.9 Å². The highest BCUT2D eigenvalue weighted by Crippen LogP contribution is 2.24. The SMILES string of the molecule is COc1cc(C)c(C(=O)N2CCN(C(=O)c3ccc[nH]3)CC2)cc1C. The molecule has 6 heteroatoms. The highest BCUT2D eigenvalue weighted by Gasteiger charge is 2.26. The number of aryl methyl sites for hydroxylation is 2. The fourth-order valence-corrected chi connectivity index (χ4v) is 3.16. The molecule has 2 aromatic rings. The summed E-state index contributed by atoms with van der Waals surface area (Å²) in [6, 6.07) is 7.35. The minimum atomic E-state index is -0.0198. The average molecular weight is 341 g/mol. The molecule has 2 heterocycles. The Balaban J connectivity index is 1.68. The van der Waals surface area contributed by atoms with Crippen molar-refractivity contribution in [2.45, 2.75) is 13.8 Å². The highest BCUT2D eigenvalue weighted by atomic mass is 16.5. The molecule has 25 heavy (non-hydrogen) atoms. The van der Waals surface area contributed by atoms with Crippen LogP contribution in [0, 0.1) is 13.8 Å². The summed E-state index contributed by atoms with van der Waals surface area (Å²) < 4.78 is 5.31. The predicted molar refractivity (Wildman–Crippen MR) is 95.1 cm³/mol. The molecule has 0 atom stereocenters. The van der Waals surface area contributed by atoms with Crippen molar-refractivity contribution in [1.29, 1.82) is 0 Å². The molecule has 0 radical (unpaired) electrons. The number of benzene rings is 1. The summed E-state index contributed by atoms with van der Waals surface area (Å²) >= 11 is 0. The van der Waals surface area contributed by atoms with Gasteiger partial charge in [0, 0.05) is 37.9 Å². The third kappa shape index (κ3) is 3.38. The zero-order chi connectivity index (χ0) is 18.0. The van der Waals surface area contributed by atoms with Crippen LogP contribution in [0.15, 0.2) is 30.5 Å². The average Bonchev–Trinajstić information content (AvgIpc) is 3.17. The van der Waals surface area contributed by atoms with Crippen LogP contribution in [-0.4, -0.2) is 59.9 Å². The van der Waals surface area contributed by atoms with Crippen molar-refractivity contribution in [3.05, 3.63) is 52.8 Å². The molecule has 0 aliphatic carbocycles. The van der Waals surface area contributed by atoms with Crippen molar-refractivity contribution in [1.82, 2.24) is 14.8 Å². The summed E-state index contributed by atoms with van der Waals surface area (Å²) in [5, 5.41) is 0. The Morgan fingerprint density at radius 3 is 2.20 bits per heavy atom. The van der Waals surface area contributed by atoms with Crippen LogP contribution in [-0.2, 0) is 0 Å². The monoisotopic (exact) mass is 341 g/mol. The summed E-state index contributed by atoms with van der Waals surface area (Å²) in [6.45, 7) is 6.00. The minimum Gasteiger partial charge on any atom is -0.496 e. The molecule has 1 N–H and O–H groups in total. The van der Waals surface area contributed by atoms with Crippen molar-refractivity contribution in [2.24, 2.45) is 0 Å². The van der Waals surface area contributed by atoms with Crippen molar-refractivity contribution >= 4 is 11.8 Å². The maximum atomic E-state index is 12.9. The van der Waals surface area contributed by atoms with Gasteiger partial charge < -0.3 is 19.5 Å². The van der Waals surface area contributed by atoms with Crippen molar-refractivity contribution in [2.75, 3.05) is 33.3 Å². The molecule has 2 amide bonds. The number of hydrogen-bond acceptors (Lipinski definition) is 3. The van der Waals surface area contributed by atoms with Crippen LogP contribution in [0.4, 0.5) is 0 Å². The second-order valence-corrected chi connectivity index (χ2v) is 6.30. The molecule has 132 valence electrons. The molecule has 0 unspecified atom stereocenters. The number of carbonyl (C=O) groups is 2. The number of rotatable bonds is 3. The van der Waals surface area contributed by atoms with Crippen LogP contribution in [0.5, 0.6) is 5.75 Å². The normalized spacial score (nSPS) is 14.5. The number of methoxy groups -OCH3 is 1. The lowest BCUT2D eigenvalue weighted by molar-refractivity contribution is 0.0532. The van der Waals surface area contributed by atoms with Gasteiger partial charge in [-0.05, 0) is 49.2 Å². The number of piperazine rings is 1. The van der Waals surface area contributed by atoms with E-state index in [0.29, 0.717) is 37.4 Å². The lowest BCUT2D eigenvalue weighted by Crippen LogP contribution is -2.50. The molecule has 3 rings (SSSR count). The van der Waals surface area contributed by atoms with Crippen LogP contribution >= 0.6 is 0 Å². The van der Waals surface area contributed by atoms with Crippen molar-refractivity contribution in [3.63, 3.8) is 0 Å². The number of amides is 2. The molecule has 6 nitrogen and oxygen atoms in total. The van der Waals surface area contributed by atoms with Gasteiger partial charge in [0.25, 0.3) is 11.8 Å². The van der Waals surface area contributed by atoms with Gasteiger partial charge in [0.05, 0.1) is 7.11 Å². The molecule has 1 aromatic heterocycles. The van der Waals surface area contributed by atoms with E-state index in [1.807, 2.05) is 36.9 Å². The van der Waals surface area contributed by atoms with Gasteiger partial charge >= 0.3 is 0 Å². The molecule has 0 bridgehead atoms. The first-order valence-corrected chi connectivity index (χ1v) is 8.38. The van der Waals surface area contributed by atoms with Gasteiger partial charge in [-0.1, -0.05) is 0 Å². The largest absolute Gasteiger partial charge is 0.496 e. The summed E-state index contributed by atoms with van der Waals surface area (Å²) in [7, 11) is 1.63. The maximum absolute atomic E-state index is 12.9. The van der Waals surface area contributed by atoms with Gasteiger partial charge in [0.1, 0.15) is 11.4 Å². The van der Waals surface area contributed by atoms with E-state index >= 15 is 0 Å². The molecule has 1 aliphatic heterocycles. The maximum Gasteiger partial charge on any atom is 0.270 e. The summed E-state index contributed by atoms with van der Waals surface area (Å²) in [5.74, 6) is 0.777. The number of carbonyl (C=O) groups excluding carboxylic acids is 2. The lowest BCUT2D eigenvalue weighted by atomic mass is 10.0. The fourth-order valence-electron chi connectivity index (χ4n) is 3.16. The van der Waals surface area contributed by atoms with E-state index in [4.69, 9.17) is 4.74 Å². The van der Waals surface area contributed by atoms with E-state index in [2.05, 4.69) is 4.98 Å². The first-order valence-electron chi connectivity index (χ1n) is 8.38. The van der Waals surface area contributed by atoms with Crippen LogP contribution in [0.2, 0.25) is 0 Å². The van der Waals surface area contributed by atoms with Gasteiger partial charge in [-0.25, -0.2) is 0 Å². The van der Waals surface area contributed by atoms with Gasteiger partial charge in [-0.3, -0.25) is 9.59 Å². The highest BCUT2D eigenvalue weighted by molar-refractivity contribution is 5.96. The smallest absolute Gasteiger partial charge is 0.270 e. The Morgan fingerprint density at radius 1 is 1.00 bits per heavy atom. The Labute approximate surface area is 147 Å². The Hall–Kier alpha value is -2.76. The third-order valence-corrected chi connectivity index (χ3v) is 4.65. The van der Waals surface area contributed by atoms with Crippen molar-refractivity contribution < 1.29 is 14.3 Å². The second kappa shape index (κ2) is 7.01. The van der Waals surface area contributed by atoms with Crippen LogP contribution in [0.3, 0.4) is 0 Å². The zero-order valence-corrected chi connectivity index (χ0v) is 14.8. The van der Waals surface area contributed by atoms with Crippen LogP contribution in [0.25, 0.3) is 0 Å². The molecule has 1 saturated heterocycles. The number of nitrogens with zero attached hydrogens (tertiary/aromatic N) is 2. The van der Waals surface area contributed by atoms with Gasteiger partial charge in [0.2, 0.25) is 0 Å². The fraction of sp³-hybridized carbons (Fsp3) is 0.368. The lowest BCUT2D eigenvalue weighted by Gasteiger charge is -2.35.